The van der Waals surface area contributed by atoms with Crippen LogP contribution in [-0.4, -0.2) is 12.5 Å². The molecule has 3 nitrogen and oxygen atoms in total. The summed E-state index contributed by atoms with van der Waals surface area (Å²) in [5.74, 6) is -0.479. The molecular formula is C15H14BrFN2O. The number of nitrogen functional groups attached to an aromatic ring is 1. The minimum absolute atomic E-state index is 0.208. The lowest BCUT2D eigenvalue weighted by Crippen LogP contribution is -2.26. The highest BCUT2D eigenvalue weighted by molar-refractivity contribution is 9.10. The monoisotopic (exact) mass is 336 g/mol. The Morgan fingerprint density at radius 1 is 1.25 bits per heavy atom. The zero-order valence-corrected chi connectivity index (χ0v) is 12.3. The van der Waals surface area contributed by atoms with Crippen LogP contribution < -0.4 is 11.1 Å². The molecule has 3 N–H and O–H groups in total. The maximum Gasteiger partial charge on any atom is 0.252 e. The third kappa shape index (κ3) is 3.81. The number of benzene rings is 2. The average Bonchev–Trinajstić information content (AvgIpc) is 2.41. The average molecular weight is 337 g/mol. The van der Waals surface area contributed by atoms with Crippen molar-refractivity contribution in [3.05, 3.63) is 63.9 Å². The molecule has 0 fully saturated rings. The van der Waals surface area contributed by atoms with E-state index in [0.29, 0.717) is 28.7 Å². The molecule has 0 aliphatic carbocycles. The van der Waals surface area contributed by atoms with Crippen LogP contribution in [0.3, 0.4) is 0 Å². The first-order chi connectivity index (χ1) is 9.56. The summed E-state index contributed by atoms with van der Waals surface area (Å²) in [4.78, 5) is 12.0. The maximum atomic E-state index is 13.0. The molecule has 2 aromatic rings. The van der Waals surface area contributed by atoms with E-state index in [4.69, 9.17) is 5.73 Å². The molecule has 104 valence electrons. The van der Waals surface area contributed by atoms with Crippen LogP contribution in [0.5, 0.6) is 0 Å². The van der Waals surface area contributed by atoms with Gasteiger partial charge in [0.05, 0.1) is 5.56 Å². The summed E-state index contributed by atoms with van der Waals surface area (Å²) < 4.78 is 13.7. The molecule has 0 aromatic heterocycles. The number of hydrogen-bond acceptors (Lipinski definition) is 2. The van der Waals surface area contributed by atoms with Crippen LogP contribution in [0.25, 0.3) is 0 Å². The number of halogens is 2. The standard InChI is InChI=1S/C15H14BrFN2O/c16-14-5-4-12(18)9-13(14)15(20)19-7-6-10-2-1-3-11(17)8-10/h1-5,8-9H,6-7,18H2,(H,19,20). The van der Waals surface area contributed by atoms with Crippen LogP contribution in [0.2, 0.25) is 0 Å². The number of amides is 1. The molecule has 0 heterocycles. The van der Waals surface area contributed by atoms with Crippen molar-refractivity contribution in [1.29, 1.82) is 0 Å². The first-order valence-corrected chi connectivity index (χ1v) is 6.93. The van der Waals surface area contributed by atoms with Crippen LogP contribution in [0.15, 0.2) is 46.9 Å². The van der Waals surface area contributed by atoms with Gasteiger partial charge < -0.3 is 11.1 Å². The van der Waals surface area contributed by atoms with E-state index in [1.165, 1.54) is 12.1 Å². The van der Waals surface area contributed by atoms with Crippen molar-refractivity contribution >= 4 is 27.5 Å². The van der Waals surface area contributed by atoms with Crippen molar-refractivity contribution in [2.24, 2.45) is 0 Å². The van der Waals surface area contributed by atoms with Crippen molar-refractivity contribution in [2.45, 2.75) is 6.42 Å². The molecule has 0 aliphatic heterocycles. The Morgan fingerprint density at radius 3 is 2.80 bits per heavy atom. The Bertz CT molecular complexity index is 631. The number of hydrogen-bond donors (Lipinski definition) is 2. The molecule has 0 saturated carbocycles. The highest BCUT2D eigenvalue weighted by Gasteiger charge is 2.09. The molecule has 0 unspecified atom stereocenters. The van der Waals surface area contributed by atoms with Crippen molar-refractivity contribution in [3.63, 3.8) is 0 Å². The van der Waals surface area contributed by atoms with Crippen molar-refractivity contribution in [1.82, 2.24) is 5.32 Å². The molecule has 0 radical (unpaired) electrons. The quantitative estimate of drug-likeness (QED) is 0.842. The van der Waals surface area contributed by atoms with Crippen molar-refractivity contribution in [2.75, 3.05) is 12.3 Å². The SMILES string of the molecule is Nc1ccc(Br)c(C(=O)NCCc2cccc(F)c2)c1. The van der Waals surface area contributed by atoms with Gasteiger partial charge in [-0.25, -0.2) is 4.39 Å². The topological polar surface area (TPSA) is 55.1 Å². The number of carbonyl (C=O) groups excluding carboxylic acids is 1. The number of rotatable bonds is 4. The minimum Gasteiger partial charge on any atom is -0.399 e. The highest BCUT2D eigenvalue weighted by Crippen LogP contribution is 2.19. The predicted octanol–water partition coefficient (Wildman–Crippen LogP) is 3.14. The number of carbonyl (C=O) groups is 1. The molecule has 2 rings (SSSR count). The first-order valence-electron chi connectivity index (χ1n) is 6.14. The van der Waals surface area contributed by atoms with Crippen LogP contribution in [-0.2, 0) is 6.42 Å². The molecule has 0 atom stereocenters. The molecule has 0 bridgehead atoms. The zero-order valence-electron chi connectivity index (χ0n) is 10.7. The van der Waals surface area contributed by atoms with Gasteiger partial charge in [-0.05, 0) is 58.2 Å². The van der Waals surface area contributed by atoms with E-state index < -0.39 is 0 Å². The fourth-order valence-corrected chi connectivity index (χ4v) is 2.25. The fraction of sp³-hybridized carbons (Fsp3) is 0.133. The van der Waals surface area contributed by atoms with Crippen LogP contribution >= 0.6 is 15.9 Å². The van der Waals surface area contributed by atoms with E-state index in [9.17, 15) is 9.18 Å². The molecule has 20 heavy (non-hydrogen) atoms. The lowest BCUT2D eigenvalue weighted by Gasteiger charge is -2.08. The Balaban J connectivity index is 1.94. The van der Waals surface area contributed by atoms with Gasteiger partial charge in [-0.3, -0.25) is 4.79 Å². The van der Waals surface area contributed by atoms with Crippen LogP contribution in [0, 0.1) is 5.82 Å². The van der Waals surface area contributed by atoms with Crippen molar-refractivity contribution < 1.29 is 9.18 Å². The Kier molecular flexibility index (Phi) is 4.74. The van der Waals surface area contributed by atoms with Gasteiger partial charge in [0.25, 0.3) is 5.91 Å². The summed E-state index contributed by atoms with van der Waals surface area (Å²) in [6, 6.07) is 11.4. The summed E-state index contributed by atoms with van der Waals surface area (Å²) >= 11 is 3.31. The molecular weight excluding hydrogens is 323 g/mol. The van der Waals surface area contributed by atoms with E-state index in [-0.39, 0.29) is 11.7 Å². The van der Waals surface area contributed by atoms with Crippen molar-refractivity contribution in [3.8, 4) is 0 Å². The fourth-order valence-electron chi connectivity index (χ4n) is 1.82. The second-order valence-corrected chi connectivity index (χ2v) is 5.23. The normalized spacial score (nSPS) is 10.3. The predicted molar refractivity (Wildman–Crippen MR) is 81.0 cm³/mol. The second-order valence-electron chi connectivity index (χ2n) is 4.38. The molecule has 1 amide bonds. The van der Waals surface area contributed by atoms with Gasteiger partial charge in [0.2, 0.25) is 0 Å². The van der Waals surface area contributed by atoms with Gasteiger partial charge in [0, 0.05) is 16.7 Å². The smallest absolute Gasteiger partial charge is 0.252 e. The lowest BCUT2D eigenvalue weighted by molar-refractivity contribution is 0.0953. The van der Waals surface area contributed by atoms with Gasteiger partial charge in [-0.15, -0.1) is 0 Å². The summed E-state index contributed by atoms with van der Waals surface area (Å²) in [5.41, 5.74) is 7.52. The van der Waals surface area contributed by atoms with Gasteiger partial charge >= 0.3 is 0 Å². The summed E-state index contributed by atoms with van der Waals surface area (Å²) in [6.07, 6.45) is 0.573. The number of nitrogens with one attached hydrogen (secondary N) is 1. The van der Waals surface area contributed by atoms with E-state index in [0.717, 1.165) is 5.56 Å². The third-order valence-corrected chi connectivity index (χ3v) is 3.51. The number of nitrogens with two attached hydrogens (primary N) is 1. The zero-order chi connectivity index (χ0) is 14.5. The number of anilines is 1. The largest absolute Gasteiger partial charge is 0.399 e. The van der Waals surface area contributed by atoms with Gasteiger partial charge in [0.15, 0.2) is 0 Å². The highest BCUT2D eigenvalue weighted by atomic mass is 79.9. The molecule has 0 spiro atoms. The molecule has 5 heteroatoms. The Hall–Kier alpha value is -1.88. The van der Waals surface area contributed by atoms with Crippen LogP contribution in [0.4, 0.5) is 10.1 Å². The van der Waals surface area contributed by atoms with Gasteiger partial charge in [-0.1, -0.05) is 12.1 Å². The maximum absolute atomic E-state index is 13.0. The van der Waals surface area contributed by atoms with E-state index in [2.05, 4.69) is 21.2 Å². The summed E-state index contributed by atoms with van der Waals surface area (Å²) in [7, 11) is 0. The molecule has 2 aromatic carbocycles. The Labute approximate surface area is 125 Å². The van der Waals surface area contributed by atoms with E-state index in [1.54, 1.807) is 24.3 Å². The Morgan fingerprint density at radius 2 is 2.05 bits per heavy atom. The lowest BCUT2D eigenvalue weighted by atomic mass is 10.1. The first kappa shape index (κ1) is 14.5. The molecule has 0 saturated heterocycles. The summed E-state index contributed by atoms with van der Waals surface area (Å²) in [6.45, 7) is 0.434. The molecule has 0 aliphatic rings. The summed E-state index contributed by atoms with van der Waals surface area (Å²) in [5, 5.41) is 2.79. The van der Waals surface area contributed by atoms with Gasteiger partial charge in [-0.2, -0.15) is 0 Å². The van der Waals surface area contributed by atoms with Crippen LogP contribution in [0.1, 0.15) is 15.9 Å². The van der Waals surface area contributed by atoms with Gasteiger partial charge in [0.1, 0.15) is 5.82 Å². The third-order valence-electron chi connectivity index (χ3n) is 2.82. The van der Waals surface area contributed by atoms with E-state index in [1.807, 2.05) is 6.07 Å². The second kappa shape index (κ2) is 6.52. The van der Waals surface area contributed by atoms with E-state index >= 15 is 0 Å². The minimum atomic E-state index is -0.271.